The van der Waals surface area contributed by atoms with Gasteiger partial charge in [-0.25, -0.2) is 8.42 Å². The largest absolute Gasteiger partial charge is 0.348 e. The van der Waals surface area contributed by atoms with Crippen LogP contribution >= 0.6 is 12.4 Å². The summed E-state index contributed by atoms with van der Waals surface area (Å²) >= 11 is 0. The highest BCUT2D eigenvalue weighted by molar-refractivity contribution is 7.89. The Morgan fingerprint density at radius 2 is 1.84 bits per heavy atom. The summed E-state index contributed by atoms with van der Waals surface area (Å²) in [6.45, 7) is 10.8. The predicted molar refractivity (Wildman–Crippen MR) is 100 cm³/mol. The van der Waals surface area contributed by atoms with Gasteiger partial charge in [-0.3, -0.25) is 9.48 Å². The molecule has 0 aliphatic rings. The minimum Gasteiger partial charge on any atom is -0.348 e. The van der Waals surface area contributed by atoms with E-state index in [1.165, 1.54) is 11.6 Å². The Labute approximate surface area is 156 Å². The Hall–Kier alpha value is -1.16. The van der Waals surface area contributed by atoms with Gasteiger partial charge >= 0.3 is 0 Å². The zero-order valence-corrected chi connectivity index (χ0v) is 17.5. The molecule has 0 aliphatic heterocycles. The van der Waals surface area contributed by atoms with Crippen molar-refractivity contribution in [1.29, 1.82) is 0 Å². The van der Waals surface area contributed by atoms with Crippen LogP contribution in [0.2, 0.25) is 0 Å². The van der Waals surface area contributed by atoms with E-state index in [0.717, 1.165) is 0 Å². The minimum absolute atomic E-state index is 0. The minimum atomic E-state index is -3.85. The van der Waals surface area contributed by atoms with Crippen molar-refractivity contribution in [2.75, 3.05) is 6.54 Å². The number of carbonyl (C=O) groups excluding carboxylic acids is 1. The lowest BCUT2D eigenvalue weighted by Crippen LogP contribution is -2.59. The average molecular weight is 396 g/mol. The number of nitrogens with one attached hydrogen (secondary N) is 2. The van der Waals surface area contributed by atoms with Crippen molar-refractivity contribution in [2.45, 2.75) is 58.0 Å². The summed E-state index contributed by atoms with van der Waals surface area (Å²) in [6, 6.07) is -0.932. The van der Waals surface area contributed by atoms with Crippen LogP contribution < -0.4 is 15.8 Å². The molecule has 2 unspecified atom stereocenters. The van der Waals surface area contributed by atoms with E-state index >= 15 is 0 Å². The van der Waals surface area contributed by atoms with Crippen molar-refractivity contribution >= 4 is 28.3 Å². The van der Waals surface area contributed by atoms with E-state index in [2.05, 4.69) is 15.1 Å². The zero-order valence-electron chi connectivity index (χ0n) is 15.9. The van der Waals surface area contributed by atoms with E-state index in [4.69, 9.17) is 5.73 Å². The fourth-order valence-electron chi connectivity index (χ4n) is 2.31. The molecule has 0 spiro atoms. The van der Waals surface area contributed by atoms with Gasteiger partial charge in [-0.15, -0.1) is 12.4 Å². The van der Waals surface area contributed by atoms with Gasteiger partial charge < -0.3 is 11.1 Å². The number of halogens is 1. The third-order valence-corrected chi connectivity index (χ3v) is 6.34. The number of hydrogen-bond donors (Lipinski definition) is 3. The van der Waals surface area contributed by atoms with Gasteiger partial charge in [0.05, 0.1) is 23.0 Å². The molecule has 0 saturated carbocycles. The van der Waals surface area contributed by atoms with E-state index in [1.54, 1.807) is 20.9 Å². The van der Waals surface area contributed by atoms with Crippen molar-refractivity contribution in [2.24, 2.45) is 18.7 Å². The molecule has 25 heavy (non-hydrogen) atoms. The van der Waals surface area contributed by atoms with Crippen LogP contribution in [-0.4, -0.2) is 42.2 Å². The summed E-state index contributed by atoms with van der Waals surface area (Å²) in [5, 5.41) is 6.94. The fraction of sp³-hybridized carbons (Fsp3) is 0.733. The van der Waals surface area contributed by atoms with Crippen LogP contribution in [0.4, 0.5) is 0 Å². The van der Waals surface area contributed by atoms with E-state index in [9.17, 15) is 13.2 Å². The molecule has 1 heterocycles. The van der Waals surface area contributed by atoms with Crippen LogP contribution in [0.1, 0.15) is 39.1 Å². The average Bonchev–Trinajstić information content (AvgIpc) is 2.71. The lowest BCUT2D eigenvalue weighted by molar-refractivity contribution is -0.124. The van der Waals surface area contributed by atoms with Gasteiger partial charge in [0.25, 0.3) is 0 Å². The van der Waals surface area contributed by atoms with Gasteiger partial charge in [0.1, 0.15) is 4.90 Å². The van der Waals surface area contributed by atoms with Crippen LogP contribution in [0.25, 0.3) is 0 Å². The third-order valence-electron chi connectivity index (χ3n) is 4.54. The molecule has 0 radical (unpaired) electrons. The van der Waals surface area contributed by atoms with Crippen molar-refractivity contribution in [3.8, 4) is 0 Å². The number of sulfonamides is 1. The van der Waals surface area contributed by atoms with Gasteiger partial charge in [0.2, 0.25) is 15.9 Å². The first-order chi connectivity index (χ1) is 10.9. The fourth-order valence-corrected chi connectivity index (χ4v) is 3.95. The molecule has 0 aromatic carbocycles. The quantitative estimate of drug-likeness (QED) is 0.625. The summed E-state index contributed by atoms with van der Waals surface area (Å²) in [7, 11) is -2.18. The van der Waals surface area contributed by atoms with Crippen molar-refractivity contribution < 1.29 is 13.2 Å². The summed E-state index contributed by atoms with van der Waals surface area (Å²) in [6.07, 6.45) is 0. The van der Waals surface area contributed by atoms with Crippen LogP contribution in [0.3, 0.4) is 0 Å². The summed E-state index contributed by atoms with van der Waals surface area (Å²) in [5.41, 5.74) is 6.06. The first kappa shape index (κ1) is 23.8. The summed E-state index contributed by atoms with van der Waals surface area (Å²) < 4.78 is 29.1. The first-order valence-corrected chi connectivity index (χ1v) is 9.38. The number of nitrogens with zero attached hydrogens (tertiary/aromatic N) is 2. The summed E-state index contributed by atoms with van der Waals surface area (Å²) in [5.74, 6) is -0.308. The van der Waals surface area contributed by atoms with E-state index < -0.39 is 27.5 Å². The normalized spacial score (nSPS) is 15.4. The van der Waals surface area contributed by atoms with E-state index in [-0.39, 0.29) is 29.8 Å². The number of carbonyl (C=O) groups is 1. The molecule has 10 heteroatoms. The molecule has 1 aromatic rings. The molecule has 146 valence electrons. The molecule has 1 aromatic heterocycles. The molecular formula is C15H30ClN5O3S. The van der Waals surface area contributed by atoms with Crippen LogP contribution in [0.15, 0.2) is 4.90 Å². The Bertz CT molecular complexity index is 717. The number of rotatable bonds is 7. The molecule has 0 aliphatic carbocycles. The third kappa shape index (κ3) is 5.16. The zero-order chi connectivity index (χ0) is 18.9. The Morgan fingerprint density at radius 3 is 2.20 bits per heavy atom. The number of amides is 1. The molecule has 1 amide bonds. The first-order valence-electron chi connectivity index (χ1n) is 7.90. The standard InChI is InChI=1S/C15H29N5O3S.ClH/c1-9(2)15(6,8-16)17-14(21)11(4)19-24(22,23)13-10(3)18-20(7)12(13)5;/h9,11,19H,8,16H2,1-7H3,(H,17,21);1H. The maximum Gasteiger partial charge on any atom is 0.244 e. The Morgan fingerprint density at radius 1 is 1.32 bits per heavy atom. The molecule has 4 N–H and O–H groups in total. The second-order valence-corrected chi connectivity index (χ2v) is 8.38. The van der Waals surface area contributed by atoms with Gasteiger partial charge in [0, 0.05) is 13.6 Å². The maximum absolute atomic E-state index is 12.6. The van der Waals surface area contributed by atoms with Gasteiger partial charge in [0.15, 0.2) is 0 Å². The Balaban J connectivity index is 0.00000576. The highest BCUT2D eigenvalue weighted by Gasteiger charge is 2.33. The number of hydrogen-bond acceptors (Lipinski definition) is 5. The van der Waals surface area contributed by atoms with Crippen molar-refractivity contribution in [1.82, 2.24) is 19.8 Å². The molecule has 1 rings (SSSR count). The van der Waals surface area contributed by atoms with Crippen LogP contribution in [0, 0.1) is 19.8 Å². The monoisotopic (exact) mass is 395 g/mol. The summed E-state index contributed by atoms with van der Waals surface area (Å²) in [4.78, 5) is 12.5. The second kappa shape index (κ2) is 8.48. The topological polar surface area (TPSA) is 119 Å². The SMILES string of the molecule is Cc1nn(C)c(C)c1S(=O)(=O)NC(C)C(=O)NC(C)(CN)C(C)C.Cl. The second-order valence-electron chi connectivity index (χ2n) is 6.73. The van der Waals surface area contributed by atoms with E-state index in [0.29, 0.717) is 11.4 Å². The molecule has 2 atom stereocenters. The van der Waals surface area contributed by atoms with Gasteiger partial charge in [-0.05, 0) is 33.6 Å². The maximum atomic E-state index is 12.6. The number of nitrogens with two attached hydrogens (primary N) is 1. The van der Waals surface area contributed by atoms with Crippen LogP contribution in [-0.2, 0) is 21.9 Å². The van der Waals surface area contributed by atoms with Crippen LogP contribution in [0.5, 0.6) is 0 Å². The molecule has 0 fully saturated rings. The van der Waals surface area contributed by atoms with Gasteiger partial charge in [-0.1, -0.05) is 13.8 Å². The highest BCUT2D eigenvalue weighted by Crippen LogP contribution is 2.19. The highest BCUT2D eigenvalue weighted by atomic mass is 35.5. The predicted octanol–water partition coefficient (Wildman–Crippen LogP) is 0.615. The van der Waals surface area contributed by atoms with Crippen molar-refractivity contribution in [3.05, 3.63) is 11.4 Å². The molecule has 8 nitrogen and oxygen atoms in total. The molecule has 0 saturated heterocycles. The molecular weight excluding hydrogens is 366 g/mol. The Kier molecular flexibility index (Phi) is 8.09. The number of aryl methyl sites for hydroxylation is 2. The lowest BCUT2D eigenvalue weighted by atomic mass is 9.88. The number of aromatic nitrogens is 2. The van der Waals surface area contributed by atoms with Crippen molar-refractivity contribution in [3.63, 3.8) is 0 Å². The smallest absolute Gasteiger partial charge is 0.244 e. The lowest BCUT2D eigenvalue weighted by Gasteiger charge is -2.34. The molecule has 0 bridgehead atoms. The van der Waals surface area contributed by atoms with E-state index in [1.807, 2.05) is 20.8 Å². The van der Waals surface area contributed by atoms with Gasteiger partial charge in [-0.2, -0.15) is 9.82 Å².